The van der Waals surface area contributed by atoms with Gasteiger partial charge in [-0.1, -0.05) is 83.5 Å². The van der Waals surface area contributed by atoms with Crippen molar-refractivity contribution < 1.29 is 0 Å². The van der Waals surface area contributed by atoms with Gasteiger partial charge in [0.1, 0.15) is 5.84 Å². The smallest absolute Gasteiger partial charge is 0.137 e. The minimum Gasteiger partial charge on any atom is -0.348 e. The second-order valence-corrected chi connectivity index (χ2v) is 11.5. The number of hydrogen-bond acceptors (Lipinski definition) is 2. The first-order chi connectivity index (χ1) is 12.2. The Kier molecular flexibility index (Phi) is 5.26. The molecule has 0 bridgehead atoms. The highest BCUT2D eigenvalue weighted by atomic mass is 31.1. The molecule has 0 atom stereocenters. The van der Waals surface area contributed by atoms with Crippen molar-refractivity contribution in [3.8, 4) is 0 Å². The summed E-state index contributed by atoms with van der Waals surface area (Å²) in [4.78, 5) is 5.13. The van der Waals surface area contributed by atoms with Gasteiger partial charge in [0, 0.05) is 11.0 Å². The molecule has 0 aliphatic carbocycles. The van der Waals surface area contributed by atoms with Crippen LogP contribution in [0, 0.1) is 6.92 Å². The SMILES string of the molecule is Cc1ccc2c(c1)C(C)(C)c1ccccc1N=C2NP(C(C)C)C(C)C. The predicted molar refractivity (Wildman–Crippen MR) is 116 cm³/mol. The van der Waals surface area contributed by atoms with Crippen molar-refractivity contribution in [2.24, 2.45) is 4.99 Å². The number of aliphatic imine (C=N–C) groups is 1. The Morgan fingerprint density at radius 2 is 1.58 bits per heavy atom. The highest BCUT2D eigenvalue weighted by molar-refractivity contribution is 7.57. The Balaban J connectivity index is 2.22. The average Bonchev–Trinajstić information content (AvgIpc) is 2.66. The van der Waals surface area contributed by atoms with E-state index >= 15 is 0 Å². The van der Waals surface area contributed by atoms with E-state index in [9.17, 15) is 0 Å². The van der Waals surface area contributed by atoms with Crippen LogP contribution in [0.1, 0.15) is 63.8 Å². The van der Waals surface area contributed by atoms with Crippen molar-refractivity contribution in [2.75, 3.05) is 0 Å². The van der Waals surface area contributed by atoms with Gasteiger partial charge in [0.2, 0.25) is 0 Å². The number of nitrogens with one attached hydrogen (secondary N) is 1. The Morgan fingerprint density at radius 1 is 0.923 bits per heavy atom. The van der Waals surface area contributed by atoms with Gasteiger partial charge < -0.3 is 5.09 Å². The lowest BCUT2D eigenvalue weighted by Crippen LogP contribution is -2.28. The fourth-order valence-electron chi connectivity index (χ4n) is 3.87. The minimum absolute atomic E-state index is 0.0801. The Morgan fingerprint density at radius 3 is 2.23 bits per heavy atom. The minimum atomic E-state index is -0.346. The molecule has 1 N–H and O–H groups in total. The van der Waals surface area contributed by atoms with Gasteiger partial charge in [0.15, 0.2) is 0 Å². The van der Waals surface area contributed by atoms with E-state index in [2.05, 4.69) is 96.0 Å². The molecule has 138 valence electrons. The molecule has 3 heteroatoms. The van der Waals surface area contributed by atoms with Crippen molar-refractivity contribution in [2.45, 2.75) is 65.2 Å². The number of benzene rings is 2. The zero-order chi connectivity index (χ0) is 19.1. The topological polar surface area (TPSA) is 24.4 Å². The summed E-state index contributed by atoms with van der Waals surface area (Å²) >= 11 is 0. The molecule has 1 aliphatic rings. The summed E-state index contributed by atoms with van der Waals surface area (Å²) in [6, 6.07) is 15.4. The zero-order valence-corrected chi connectivity index (χ0v) is 18.0. The second-order valence-electron chi connectivity index (χ2n) is 8.36. The van der Waals surface area contributed by atoms with Crippen LogP contribution < -0.4 is 5.09 Å². The Labute approximate surface area is 159 Å². The first kappa shape index (κ1) is 19.1. The number of hydrogen-bond donors (Lipinski definition) is 1. The maximum atomic E-state index is 5.13. The molecule has 26 heavy (non-hydrogen) atoms. The molecule has 2 aromatic carbocycles. The first-order valence-corrected chi connectivity index (χ1v) is 11.0. The van der Waals surface area contributed by atoms with Gasteiger partial charge in [0.25, 0.3) is 0 Å². The van der Waals surface area contributed by atoms with Crippen LogP contribution >= 0.6 is 8.07 Å². The van der Waals surface area contributed by atoms with Crippen LogP contribution in [0.25, 0.3) is 0 Å². The maximum Gasteiger partial charge on any atom is 0.137 e. The average molecular weight is 366 g/mol. The largest absolute Gasteiger partial charge is 0.348 e. The third kappa shape index (κ3) is 3.45. The van der Waals surface area contributed by atoms with E-state index in [0.717, 1.165) is 11.5 Å². The van der Waals surface area contributed by atoms with Crippen molar-refractivity contribution in [3.63, 3.8) is 0 Å². The van der Waals surface area contributed by atoms with Crippen LogP contribution in [0.2, 0.25) is 0 Å². The van der Waals surface area contributed by atoms with E-state index < -0.39 is 0 Å². The molecular formula is C23H31N2P. The molecule has 0 unspecified atom stereocenters. The molecule has 1 heterocycles. The predicted octanol–water partition coefficient (Wildman–Crippen LogP) is 6.52. The molecule has 1 aliphatic heterocycles. The molecule has 2 aromatic rings. The van der Waals surface area contributed by atoms with Gasteiger partial charge in [-0.15, -0.1) is 0 Å². The van der Waals surface area contributed by atoms with Gasteiger partial charge in [-0.2, -0.15) is 0 Å². The molecular weight excluding hydrogens is 335 g/mol. The van der Waals surface area contributed by atoms with E-state index in [1.165, 1.54) is 22.3 Å². The van der Waals surface area contributed by atoms with E-state index in [1.54, 1.807) is 0 Å². The zero-order valence-electron chi connectivity index (χ0n) is 17.1. The van der Waals surface area contributed by atoms with Gasteiger partial charge in [0.05, 0.1) is 5.69 Å². The number of rotatable bonds is 3. The fraction of sp³-hybridized carbons (Fsp3) is 0.435. The quantitative estimate of drug-likeness (QED) is 0.615. The molecule has 2 nitrogen and oxygen atoms in total. The van der Waals surface area contributed by atoms with Crippen LogP contribution in [-0.4, -0.2) is 17.2 Å². The van der Waals surface area contributed by atoms with E-state index in [4.69, 9.17) is 4.99 Å². The summed E-state index contributed by atoms with van der Waals surface area (Å²) in [5.74, 6) is 1.03. The van der Waals surface area contributed by atoms with Crippen LogP contribution in [0.3, 0.4) is 0 Å². The van der Waals surface area contributed by atoms with Crippen molar-refractivity contribution in [1.82, 2.24) is 5.09 Å². The monoisotopic (exact) mass is 366 g/mol. The highest BCUT2D eigenvalue weighted by Gasteiger charge is 2.33. The summed E-state index contributed by atoms with van der Waals surface area (Å²) in [6.07, 6.45) is 0. The lowest BCUT2D eigenvalue weighted by molar-refractivity contribution is 0.642. The molecule has 0 spiro atoms. The lowest BCUT2D eigenvalue weighted by atomic mass is 9.75. The summed E-state index contributed by atoms with van der Waals surface area (Å²) in [6.45, 7) is 16.0. The van der Waals surface area contributed by atoms with Crippen molar-refractivity contribution in [1.29, 1.82) is 0 Å². The number of fused-ring (bicyclic) bond motifs is 2. The summed E-state index contributed by atoms with van der Waals surface area (Å²) in [7, 11) is -0.346. The van der Waals surface area contributed by atoms with Crippen LogP contribution in [0.4, 0.5) is 5.69 Å². The third-order valence-corrected chi connectivity index (χ3v) is 7.96. The number of amidine groups is 1. The van der Waals surface area contributed by atoms with E-state index in [1.807, 2.05) is 0 Å². The molecule has 0 fully saturated rings. The van der Waals surface area contributed by atoms with E-state index in [-0.39, 0.29) is 13.5 Å². The first-order valence-electron chi connectivity index (χ1n) is 9.56. The van der Waals surface area contributed by atoms with Crippen LogP contribution in [0.15, 0.2) is 47.5 Å². The normalized spacial score (nSPS) is 15.5. The van der Waals surface area contributed by atoms with Crippen LogP contribution in [0.5, 0.6) is 0 Å². The number of aryl methyl sites for hydroxylation is 1. The summed E-state index contributed by atoms with van der Waals surface area (Å²) in [5.41, 5.74) is 7.40. The Hall–Kier alpha value is -1.66. The molecule has 3 rings (SSSR count). The Bertz CT molecular complexity index is 826. The van der Waals surface area contributed by atoms with E-state index in [0.29, 0.717) is 11.3 Å². The van der Waals surface area contributed by atoms with Crippen molar-refractivity contribution in [3.05, 3.63) is 64.7 Å². The van der Waals surface area contributed by atoms with Gasteiger partial charge >= 0.3 is 0 Å². The lowest BCUT2D eigenvalue weighted by Gasteiger charge is -2.30. The van der Waals surface area contributed by atoms with Crippen LogP contribution in [-0.2, 0) is 5.41 Å². The highest BCUT2D eigenvalue weighted by Crippen LogP contribution is 2.45. The van der Waals surface area contributed by atoms with Gasteiger partial charge in [-0.3, -0.25) is 0 Å². The molecule has 0 saturated carbocycles. The standard InChI is InChI=1S/C23H31N2P/c1-15(2)26(16(3)4)25-22-18-13-12-17(5)14-20(18)23(6,7)19-10-8-9-11-21(19)24-22/h8-16H,1-7H3,(H,24,25). The number of nitrogens with zero attached hydrogens (tertiary/aromatic N) is 1. The fourth-order valence-corrected chi connectivity index (χ4v) is 5.99. The maximum absolute atomic E-state index is 5.13. The number of para-hydroxylation sites is 1. The molecule has 0 aromatic heterocycles. The van der Waals surface area contributed by atoms with Crippen molar-refractivity contribution >= 4 is 19.6 Å². The third-order valence-electron chi connectivity index (χ3n) is 5.26. The summed E-state index contributed by atoms with van der Waals surface area (Å²) < 4.78 is 0. The second kappa shape index (κ2) is 7.16. The summed E-state index contributed by atoms with van der Waals surface area (Å²) in [5, 5.41) is 3.86. The molecule has 0 amide bonds. The molecule has 0 radical (unpaired) electrons. The van der Waals surface area contributed by atoms with Gasteiger partial charge in [-0.25, -0.2) is 4.99 Å². The van der Waals surface area contributed by atoms with Gasteiger partial charge in [-0.05, 0) is 43.5 Å². The molecule has 0 saturated heterocycles.